The summed E-state index contributed by atoms with van der Waals surface area (Å²) in [5.74, 6) is -1.55. The van der Waals surface area contributed by atoms with Crippen LogP contribution in [0, 0.1) is 0 Å². The predicted octanol–water partition coefficient (Wildman–Crippen LogP) is 1.22. The van der Waals surface area contributed by atoms with Crippen LogP contribution in [-0.4, -0.2) is 45.3 Å². The summed E-state index contributed by atoms with van der Waals surface area (Å²) in [4.78, 5) is 28.7. The first-order chi connectivity index (χ1) is 15.1. The van der Waals surface area contributed by atoms with E-state index < -0.39 is 54.3 Å². The molecule has 178 valence electrons. The van der Waals surface area contributed by atoms with E-state index in [0.717, 1.165) is 12.1 Å². The Morgan fingerprint density at radius 3 is 2.27 bits per heavy atom. The number of halogens is 3. The fourth-order valence-electron chi connectivity index (χ4n) is 3.11. The third kappa shape index (κ3) is 4.91. The van der Waals surface area contributed by atoms with E-state index in [0.29, 0.717) is 22.6 Å². The topological polar surface area (TPSA) is 169 Å². The predicted molar refractivity (Wildman–Crippen MR) is 109 cm³/mol. The Morgan fingerprint density at radius 2 is 1.73 bits per heavy atom. The number of nitrogens with zero attached hydrogens (tertiary/aromatic N) is 2. The molecule has 4 N–H and O–H groups in total. The molecule has 3 rings (SSSR count). The molecular formula is C17H16F3N5O6S2. The molecule has 0 radical (unpaired) electrons. The van der Waals surface area contributed by atoms with Crippen LogP contribution < -0.4 is 20.1 Å². The van der Waals surface area contributed by atoms with Crippen molar-refractivity contribution in [2.45, 2.75) is 29.3 Å². The summed E-state index contributed by atoms with van der Waals surface area (Å²) in [6.07, 6.45) is 1.26. The van der Waals surface area contributed by atoms with Crippen LogP contribution >= 0.6 is 0 Å². The van der Waals surface area contributed by atoms with Gasteiger partial charge in [-0.3, -0.25) is 9.52 Å². The van der Waals surface area contributed by atoms with Crippen LogP contribution in [0.2, 0.25) is 0 Å². The molecule has 2 aromatic rings. The molecule has 0 saturated carbocycles. The lowest BCUT2D eigenvalue weighted by molar-refractivity contribution is -0.118. The van der Waals surface area contributed by atoms with Crippen molar-refractivity contribution in [2.24, 2.45) is 5.14 Å². The van der Waals surface area contributed by atoms with Crippen LogP contribution in [0.15, 0.2) is 47.5 Å². The summed E-state index contributed by atoms with van der Waals surface area (Å²) >= 11 is 0. The molecule has 2 unspecified atom stereocenters. The number of carbonyl (C=O) groups is 2. The monoisotopic (exact) mass is 507 g/mol. The number of pyridine rings is 1. The van der Waals surface area contributed by atoms with Gasteiger partial charge < -0.3 is 5.32 Å². The first kappa shape index (κ1) is 24.4. The SMILES string of the molecule is CC(c1ccnc(NS(N)(=O)=O)c1)C1NC(=O)N(c2ccc(S(=O)(=O)C(F)(F)F)cc2)C1=O. The summed E-state index contributed by atoms with van der Waals surface area (Å²) in [6.45, 7) is 1.57. The number of nitrogens with one attached hydrogen (secondary N) is 2. The Bertz CT molecular complexity index is 1310. The molecule has 1 saturated heterocycles. The Labute approximate surface area is 185 Å². The highest BCUT2D eigenvalue weighted by atomic mass is 32.2. The van der Waals surface area contributed by atoms with Crippen LogP contribution in [0.5, 0.6) is 0 Å². The lowest BCUT2D eigenvalue weighted by Gasteiger charge is -2.19. The second-order valence-electron chi connectivity index (χ2n) is 6.95. The molecule has 2 heterocycles. The number of hydrogen-bond acceptors (Lipinski definition) is 7. The van der Waals surface area contributed by atoms with Crippen LogP contribution in [0.3, 0.4) is 0 Å². The number of urea groups is 1. The van der Waals surface area contributed by atoms with Crippen molar-refractivity contribution < 1.29 is 39.6 Å². The lowest BCUT2D eigenvalue weighted by atomic mass is 9.94. The number of benzene rings is 1. The fourth-order valence-corrected chi connectivity index (χ4v) is 4.28. The Kier molecular flexibility index (Phi) is 6.12. The molecule has 0 bridgehead atoms. The van der Waals surface area contributed by atoms with Crippen molar-refractivity contribution in [3.63, 3.8) is 0 Å². The molecule has 0 spiro atoms. The van der Waals surface area contributed by atoms with E-state index in [9.17, 15) is 39.6 Å². The van der Waals surface area contributed by atoms with Gasteiger partial charge in [0.25, 0.3) is 26.0 Å². The Morgan fingerprint density at radius 1 is 1.12 bits per heavy atom. The van der Waals surface area contributed by atoms with Crippen LogP contribution in [0.25, 0.3) is 0 Å². The zero-order valence-corrected chi connectivity index (χ0v) is 18.2. The van der Waals surface area contributed by atoms with Gasteiger partial charge in [0.2, 0.25) is 0 Å². The van der Waals surface area contributed by atoms with E-state index in [1.807, 2.05) is 4.72 Å². The number of sulfone groups is 1. The first-order valence-corrected chi connectivity index (χ1v) is 12.0. The lowest BCUT2D eigenvalue weighted by Crippen LogP contribution is -2.35. The normalized spacial score (nSPS) is 18.2. The molecule has 0 aliphatic carbocycles. The number of carbonyl (C=O) groups excluding carboxylic acids is 2. The third-order valence-electron chi connectivity index (χ3n) is 4.74. The molecule has 1 fully saturated rings. The van der Waals surface area contributed by atoms with E-state index in [1.165, 1.54) is 18.3 Å². The minimum atomic E-state index is -5.59. The largest absolute Gasteiger partial charge is 0.501 e. The summed E-state index contributed by atoms with van der Waals surface area (Å²) in [6, 6.07) is 3.91. The van der Waals surface area contributed by atoms with E-state index in [-0.39, 0.29) is 11.5 Å². The maximum Gasteiger partial charge on any atom is 0.501 e. The summed E-state index contributed by atoms with van der Waals surface area (Å²) in [5, 5.41) is 7.35. The molecule has 1 aromatic carbocycles. The van der Waals surface area contributed by atoms with Crippen molar-refractivity contribution in [1.82, 2.24) is 10.3 Å². The molecule has 11 nitrogen and oxygen atoms in total. The highest BCUT2D eigenvalue weighted by Gasteiger charge is 2.47. The van der Waals surface area contributed by atoms with Crippen LogP contribution in [0.4, 0.5) is 29.5 Å². The quantitative estimate of drug-likeness (QED) is 0.494. The van der Waals surface area contributed by atoms with E-state index in [4.69, 9.17) is 5.14 Å². The Hall–Kier alpha value is -3.24. The van der Waals surface area contributed by atoms with Crippen molar-refractivity contribution in [2.75, 3.05) is 9.62 Å². The first-order valence-electron chi connectivity index (χ1n) is 8.94. The maximum atomic E-state index is 12.9. The van der Waals surface area contributed by atoms with E-state index in [2.05, 4.69) is 10.3 Å². The smallest absolute Gasteiger partial charge is 0.325 e. The van der Waals surface area contributed by atoms with Gasteiger partial charge in [0.15, 0.2) is 0 Å². The van der Waals surface area contributed by atoms with E-state index in [1.54, 1.807) is 6.92 Å². The van der Waals surface area contributed by atoms with Gasteiger partial charge in [0.1, 0.15) is 11.9 Å². The third-order valence-corrected chi connectivity index (χ3v) is 6.73. The average molecular weight is 507 g/mol. The van der Waals surface area contributed by atoms with E-state index >= 15 is 0 Å². The van der Waals surface area contributed by atoms with Gasteiger partial charge >= 0.3 is 11.5 Å². The van der Waals surface area contributed by atoms with Gasteiger partial charge in [-0.1, -0.05) is 6.92 Å². The molecule has 2 atom stereocenters. The minimum Gasteiger partial charge on any atom is -0.325 e. The number of hydrogen-bond donors (Lipinski definition) is 3. The number of imide groups is 1. The van der Waals surface area contributed by atoms with Crippen LogP contribution in [-0.2, 0) is 24.8 Å². The summed E-state index contributed by atoms with van der Waals surface area (Å²) in [7, 11) is -9.69. The zero-order chi connectivity index (χ0) is 24.8. The highest BCUT2D eigenvalue weighted by Crippen LogP contribution is 2.33. The average Bonchev–Trinajstić information content (AvgIpc) is 2.99. The van der Waals surface area contributed by atoms with Crippen molar-refractivity contribution >= 4 is 43.5 Å². The standard InChI is InChI=1S/C17H16F3N5O6S2/c1-9(10-6-7-22-13(8-10)24-33(21,30)31)14-15(26)25(16(27)23-14)11-2-4-12(5-3-11)32(28,29)17(18,19)20/h2-9,14H,1H3,(H,22,24)(H,23,27)(H2,21,30,31). The number of rotatable bonds is 6. The molecule has 1 aromatic heterocycles. The molecular weight excluding hydrogens is 491 g/mol. The fraction of sp³-hybridized carbons (Fsp3) is 0.235. The minimum absolute atomic E-state index is 0.114. The molecule has 1 aliphatic rings. The molecule has 1 aliphatic heterocycles. The Balaban J connectivity index is 1.85. The van der Waals surface area contributed by atoms with Gasteiger partial charge in [0, 0.05) is 12.1 Å². The van der Waals surface area contributed by atoms with Crippen molar-refractivity contribution in [1.29, 1.82) is 0 Å². The summed E-state index contributed by atoms with van der Waals surface area (Å²) < 4.78 is 85.4. The van der Waals surface area contributed by atoms with Gasteiger partial charge in [-0.15, -0.1) is 0 Å². The summed E-state index contributed by atoms with van der Waals surface area (Å²) in [5.41, 5.74) is -5.22. The number of aromatic nitrogens is 1. The number of alkyl halides is 3. The van der Waals surface area contributed by atoms with Crippen LogP contribution in [0.1, 0.15) is 18.4 Å². The molecule has 33 heavy (non-hydrogen) atoms. The number of nitrogens with two attached hydrogens (primary N) is 1. The molecule has 3 amide bonds. The number of anilines is 2. The van der Waals surface area contributed by atoms with Gasteiger partial charge in [-0.25, -0.2) is 28.2 Å². The molecule has 16 heteroatoms. The zero-order valence-electron chi connectivity index (χ0n) is 16.6. The van der Waals surface area contributed by atoms with Crippen molar-refractivity contribution in [3.05, 3.63) is 48.2 Å². The second kappa shape index (κ2) is 8.27. The number of amides is 3. The highest BCUT2D eigenvalue weighted by molar-refractivity contribution is 7.92. The van der Waals surface area contributed by atoms with Crippen molar-refractivity contribution in [3.8, 4) is 0 Å². The maximum absolute atomic E-state index is 12.9. The van der Waals surface area contributed by atoms with Gasteiger partial charge in [-0.05, 0) is 42.0 Å². The van der Waals surface area contributed by atoms with Gasteiger partial charge in [0.05, 0.1) is 10.6 Å². The van der Waals surface area contributed by atoms with Gasteiger partial charge in [-0.2, -0.15) is 21.6 Å². The second-order valence-corrected chi connectivity index (χ2v) is 10.2.